The topological polar surface area (TPSA) is 70.7 Å². The SMILES string of the molecule is COCCNC(=O)c1cccc(NC(=O)N(C)Cc2ccc(C)s2)c1C. The molecule has 1 aromatic heterocycles. The first-order valence-corrected chi connectivity index (χ1v) is 9.18. The molecule has 3 amide bonds. The Morgan fingerprint density at radius 1 is 1.19 bits per heavy atom. The molecule has 0 fully saturated rings. The van der Waals surface area contributed by atoms with Crippen molar-refractivity contribution < 1.29 is 14.3 Å². The van der Waals surface area contributed by atoms with Crippen molar-refractivity contribution in [2.45, 2.75) is 20.4 Å². The third-order valence-electron chi connectivity index (χ3n) is 3.95. The van der Waals surface area contributed by atoms with Gasteiger partial charge in [0.05, 0.1) is 13.2 Å². The Hall–Kier alpha value is -2.38. The van der Waals surface area contributed by atoms with Crippen LogP contribution in [0.25, 0.3) is 0 Å². The van der Waals surface area contributed by atoms with E-state index in [0.29, 0.717) is 30.9 Å². The van der Waals surface area contributed by atoms with Gasteiger partial charge in [-0.2, -0.15) is 0 Å². The molecule has 0 spiro atoms. The van der Waals surface area contributed by atoms with Crippen LogP contribution in [-0.4, -0.2) is 44.1 Å². The summed E-state index contributed by atoms with van der Waals surface area (Å²) in [6.45, 7) is 5.30. The van der Waals surface area contributed by atoms with Gasteiger partial charge in [-0.25, -0.2) is 4.79 Å². The fraction of sp³-hybridized carbons (Fsp3) is 0.368. The van der Waals surface area contributed by atoms with Crippen LogP contribution in [0, 0.1) is 13.8 Å². The van der Waals surface area contributed by atoms with Crippen LogP contribution >= 0.6 is 11.3 Å². The number of nitrogens with zero attached hydrogens (tertiary/aromatic N) is 1. The Morgan fingerprint density at radius 2 is 1.96 bits per heavy atom. The van der Waals surface area contributed by atoms with Gasteiger partial charge in [-0.1, -0.05) is 6.07 Å². The molecule has 0 bridgehead atoms. The highest BCUT2D eigenvalue weighted by Gasteiger charge is 2.15. The average Bonchev–Trinajstić information content (AvgIpc) is 3.01. The summed E-state index contributed by atoms with van der Waals surface area (Å²) >= 11 is 1.67. The van der Waals surface area contributed by atoms with Crippen LogP contribution < -0.4 is 10.6 Å². The van der Waals surface area contributed by atoms with E-state index in [1.165, 1.54) is 4.88 Å². The summed E-state index contributed by atoms with van der Waals surface area (Å²) in [6, 6.07) is 9.15. The molecule has 0 aliphatic rings. The number of amides is 3. The van der Waals surface area contributed by atoms with E-state index in [4.69, 9.17) is 4.74 Å². The zero-order valence-corrected chi connectivity index (χ0v) is 16.4. The fourth-order valence-corrected chi connectivity index (χ4v) is 3.41. The van der Waals surface area contributed by atoms with E-state index in [1.54, 1.807) is 48.6 Å². The molecule has 6 nitrogen and oxygen atoms in total. The van der Waals surface area contributed by atoms with Gasteiger partial charge < -0.3 is 20.3 Å². The summed E-state index contributed by atoms with van der Waals surface area (Å²) in [5.41, 5.74) is 1.90. The van der Waals surface area contributed by atoms with Crippen LogP contribution in [0.3, 0.4) is 0 Å². The normalized spacial score (nSPS) is 10.5. The Labute approximate surface area is 158 Å². The molecule has 2 rings (SSSR count). The summed E-state index contributed by atoms with van der Waals surface area (Å²) in [7, 11) is 3.34. The lowest BCUT2D eigenvalue weighted by Crippen LogP contribution is -2.31. The van der Waals surface area contributed by atoms with Crippen molar-refractivity contribution in [1.29, 1.82) is 0 Å². The molecule has 0 saturated heterocycles. The van der Waals surface area contributed by atoms with Crippen molar-refractivity contribution >= 4 is 29.0 Å². The largest absolute Gasteiger partial charge is 0.383 e. The first kappa shape index (κ1) is 19.9. The summed E-state index contributed by atoms with van der Waals surface area (Å²) in [6.07, 6.45) is 0. The third kappa shape index (κ3) is 5.31. The van der Waals surface area contributed by atoms with Crippen molar-refractivity contribution in [1.82, 2.24) is 10.2 Å². The Morgan fingerprint density at radius 3 is 2.62 bits per heavy atom. The van der Waals surface area contributed by atoms with Gasteiger partial charge in [-0.15, -0.1) is 11.3 Å². The molecule has 0 radical (unpaired) electrons. The molecule has 2 aromatic rings. The van der Waals surface area contributed by atoms with E-state index >= 15 is 0 Å². The van der Waals surface area contributed by atoms with Gasteiger partial charge in [-0.3, -0.25) is 4.79 Å². The second-order valence-electron chi connectivity index (χ2n) is 6.03. The summed E-state index contributed by atoms with van der Waals surface area (Å²) in [5, 5.41) is 5.68. The fourth-order valence-electron chi connectivity index (χ4n) is 2.47. The predicted octanol–water partition coefficient (Wildman–Crippen LogP) is 3.41. The van der Waals surface area contributed by atoms with Crippen molar-refractivity contribution in [3.63, 3.8) is 0 Å². The number of carbonyl (C=O) groups excluding carboxylic acids is 2. The first-order chi connectivity index (χ1) is 12.4. The van der Waals surface area contributed by atoms with Gasteiger partial charge in [0, 0.05) is 41.7 Å². The number of anilines is 1. The molecule has 0 unspecified atom stereocenters. The molecule has 2 N–H and O–H groups in total. The van der Waals surface area contributed by atoms with E-state index in [-0.39, 0.29) is 11.9 Å². The summed E-state index contributed by atoms with van der Waals surface area (Å²) in [5.74, 6) is -0.182. The second-order valence-corrected chi connectivity index (χ2v) is 7.40. The van der Waals surface area contributed by atoms with Gasteiger partial charge in [0.2, 0.25) is 0 Å². The zero-order valence-electron chi connectivity index (χ0n) is 15.6. The molecule has 0 aliphatic heterocycles. The van der Waals surface area contributed by atoms with E-state index in [2.05, 4.69) is 10.6 Å². The Kier molecular flexibility index (Phi) is 7.17. The number of rotatable bonds is 7. The maximum absolute atomic E-state index is 12.5. The molecular formula is C19H25N3O3S. The van der Waals surface area contributed by atoms with Crippen molar-refractivity contribution in [3.05, 3.63) is 51.2 Å². The smallest absolute Gasteiger partial charge is 0.321 e. The molecule has 0 saturated carbocycles. The monoisotopic (exact) mass is 375 g/mol. The van der Waals surface area contributed by atoms with Crippen molar-refractivity contribution in [3.8, 4) is 0 Å². The molecular weight excluding hydrogens is 350 g/mol. The molecule has 0 aliphatic carbocycles. The summed E-state index contributed by atoms with van der Waals surface area (Å²) in [4.78, 5) is 28.7. The second kappa shape index (κ2) is 9.35. The standard InChI is InChI=1S/C19H25N3O3S/c1-13-8-9-15(26-13)12-22(3)19(24)21-17-7-5-6-16(14(17)2)18(23)20-10-11-25-4/h5-9H,10-12H2,1-4H3,(H,20,23)(H,21,24). The van der Waals surface area contributed by atoms with E-state index in [0.717, 1.165) is 10.4 Å². The Balaban J connectivity index is 2.03. The number of thiophene rings is 1. The van der Waals surface area contributed by atoms with E-state index in [1.807, 2.05) is 26.0 Å². The van der Waals surface area contributed by atoms with Crippen LogP contribution in [0.15, 0.2) is 30.3 Å². The average molecular weight is 375 g/mol. The molecule has 140 valence electrons. The number of aryl methyl sites for hydroxylation is 1. The highest BCUT2D eigenvalue weighted by molar-refractivity contribution is 7.11. The number of carbonyl (C=O) groups is 2. The number of urea groups is 1. The first-order valence-electron chi connectivity index (χ1n) is 8.36. The maximum Gasteiger partial charge on any atom is 0.321 e. The number of hydrogen-bond acceptors (Lipinski definition) is 4. The van der Waals surface area contributed by atoms with Crippen LogP contribution in [0.2, 0.25) is 0 Å². The number of hydrogen-bond donors (Lipinski definition) is 2. The lowest BCUT2D eigenvalue weighted by molar-refractivity contribution is 0.0936. The maximum atomic E-state index is 12.5. The molecule has 26 heavy (non-hydrogen) atoms. The van der Waals surface area contributed by atoms with Gasteiger partial charge in [0.1, 0.15) is 0 Å². The van der Waals surface area contributed by atoms with Crippen LogP contribution in [-0.2, 0) is 11.3 Å². The predicted molar refractivity (Wildman–Crippen MR) is 105 cm³/mol. The van der Waals surface area contributed by atoms with Crippen LogP contribution in [0.5, 0.6) is 0 Å². The Bertz CT molecular complexity index is 773. The van der Waals surface area contributed by atoms with E-state index in [9.17, 15) is 9.59 Å². The summed E-state index contributed by atoms with van der Waals surface area (Å²) < 4.78 is 4.93. The molecule has 1 aromatic carbocycles. The van der Waals surface area contributed by atoms with Gasteiger partial charge in [0.25, 0.3) is 5.91 Å². The molecule has 1 heterocycles. The minimum Gasteiger partial charge on any atom is -0.383 e. The lowest BCUT2D eigenvalue weighted by Gasteiger charge is -2.19. The van der Waals surface area contributed by atoms with E-state index < -0.39 is 0 Å². The lowest BCUT2D eigenvalue weighted by atomic mass is 10.1. The zero-order chi connectivity index (χ0) is 19.1. The molecule has 0 atom stereocenters. The van der Waals surface area contributed by atoms with Gasteiger partial charge in [-0.05, 0) is 43.7 Å². The van der Waals surface area contributed by atoms with Crippen LogP contribution in [0.4, 0.5) is 10.5 Å². The number of ether oxygens (including phenoxy) is 1. The van der Waals surface area contributed by atoms with Crippen molar-refractivity contribution in [2.75, 3.05) is 32.6 Å². The van der Waals surface area contributed by atoms with Crippen molar-refractivity contribution in [2.24, 2.45) is 0 Å². The highest BCUT2D eigenvalue weighted by atomic mass is 32.1. The van der Waals surface area contributed by atoms with Gasteiger partial charge >= 0.3 is 6.03 Å². The molecule has 7 heteroatoms. The quantitative estimate of drug-likeness (QED) is 0.729. The van der Waals surface area contributed by atoms with Gasteiger partial charge in [0.15, 0.2) is 0 Å². The number of benzene rings is 1. The number of nitrogens with one attached hydrogen (secondary N) is 2. The minimum absolute atomic E-state index is 0.182. The minimum atomic E-state index is -0.212. The number of methoxy groups -OCH3 is 1. The third-order valence-corrected chi connectivity index (χ3v) is 4.93. The van der Waals surface area contributed by atoms with Crippen LogP contribution in [0.1, 0.15) is 25.7 Å². The highest BCUT2D eigenvalue weighted by Crippen LogP contribution is 2.21.